The molecule has 0 saturated heterocycles. The second-order valence-electron chi connectivity index (χ2n) is 14.1. The van der Waals surface area contributed by atoms with Crippen LogP contribution in [0.4, 0.5) is 0 Å². The van der Waals surface area contributed by atoms with Gasteiger partial charge in [-0.1, -0.05) is 78.7 Å². The van der Waals surface area contributed by atoms with Crippen molar-refractivity contribution in [1.29, 1.82) is 0 Å². The molecule has 0 heterocycles. The summed E-state index contributed by atoms with van der Waals surface area (Å²) in [5.41, 5.74) is 6.32. The highest BCUT2D eigenvalue weighted by atomic mass is 16.3. The predicted octanol–water partition coefficient (Wildman–Crippen LogP) is 8.73. The van der Waals surface area contributed by atoms with Crippen LogP contribution in [-0.4, -0.2) is 11.2 Å². The van der Waals surface area contributed by atoms with Gasteiger partial charge in [-0.25, -0.2) is 0 Å². The third kappa shape index (κ3) is 3.34. The molecule has 0 aromatic heterocycles. The van der Waals surface area contributed by atoms with Crippen LogP contribution in [0.5, 0.6) is 0 Å². The lowest BCUT2D eigenvalue weighted by atomic mass is 9.43. The Labute approximate surface area is 199 Å². The van der Waals surface area contributed by atoms with Gasteiger partial charge in [0.25, 0.3) is 0 Å². The molecule has 0 spiro atoms. The molecule has 0 bridgehead atoms. The summed E-state index contributed by atoms with van der Waals surface area (Å²) >= 11 is 0. The van der Waals surface area contributed by atoms with Crippen LogP contribution < -0.4 is 0 Å². The van der Waals surface area contributed by atoms with Gasteiger partial charge in [-0.15, -0.1) is 0 Å². The van der Waals surface area contributed by atoms with Crippen molar-refractivity contribution in [2.75, 3.05) is 0 Å². The van der Waals surface area contributed by atoms with Crippen LogP contribution >= 0.6 is 0 Å². The standard InChI is InChI=1S/C31H52O/c1-20(2)21(3)10-11-22(4)23-14-18-31(9)25-12-13-26-28(5,6)27(32)16-17-29(26,7)24(25)15-19-30(23,31)8/h20,22-23,26-27,32H,3,10-19H2,1-2,4-9H3/t22?,23-,26?,27+,29-,30-,31?/m1/s1. The van der Waals surface area contributed by atoms with Crippen molar-refractivity contribution in [3.8, 4) is 0 Å². The Morgan fingerprint density at radius 1 is 0.938 bits per heavy atom. The molecule has 4 rings (SSSR count). The number of aliphatic hydroxyl groups excluding tert-OH is 1. The first-order chi connectivity index (χ1) is 14.8. The second kappa shape index (κ2) is 8.00. The molecule has 32 heavy (non-hydrogen) atoms. The highest BCUT2D eigenvalue weighted by molar-refractivity contribution is 5.38. The van der Waals surface area contributed by atoms with Crippen molar-refractivity contribution < 1.29 is 5.11 Å². The lowest BCUT2D eigenvalue weighted by molar-refractivity contribution is -0.0962. The van der Waals surface area contributed by atoms with E-state index < -0.39 is 0 Å². The first-order valence-corrected chi connectivity index (χ1v) is 13.9. The molecule has 3 unspecified atom stereocenters. The summed E-state index contributed by atoms with van der Waals surface area (Å²) in [7, 11) is 0. The van der Waals surface area contributed by atoms with Crippen LogP contribution in [0.25, 0.3) is 0 Å². The molecule has 1 nitrogen and oxygen atoms in total. The SMILES string of the molecule is C=C(CCC(C)[C@H]1CCC2(C)C3=C(CC[C@]12C)[C@@]1(C)CC[C@H](O)C(C)(C)C1CC3)C(C)C. The summed E-state index contributed by atoms with van der Waals surface area (Å²) in [6.45, 7) is 24.1. The number of hydrogen-bond acceptors (Lipinski definition) is 1. The normalized spacial score (nSPS) is 44.1. The molecule has 0 aromatic rings. The van der Waals surface area contributed by atoms with Crippen molar-refractivity contribution >= 4 is 0 Å². The summed E-state index contributed by atoms with van der Waals surface area (Å²) < 4.78 is 0. The van der Waals surface area contributed by atoms with E-state index in [-0.39, 0.29) is 11.5 Å². The molecule has 4 aliphatic rings. The Balaban J connectivity index is 1.62. The number of fused-ring (bicyclic) bond motifs is 4. The van der Waals surface area contributed by atoms with Gasteiger partial charge in [0.05, 0.1) is 6.10 Å². The van der Waals surface area contributed by atoms with E-state index in [1.165, 1.54) is 63.4 Å². The van der Waals surface area contributed by atoms with E-state index in [9.17, 15) is 5.11 Å². The van der Waals surface area contributed by atoms with Gasteiger partial charge in [-0.3, -0.25) is 0 Å². The van der Waals surface area contributed by atoms with Crippen LogP contribution in [0, 0.1) is 45.3 Å². The predicted molar refractivity (Wildman–Crippen MR) is 137 cm³/mol. The number of aliphatic hydroxyl groups is 1. The van der Waals surface area contributed by atoms with E-state index in [2.05, 4.69) is 62.0 Å². The summed E-state index contributed by atoms with van der Waals surface area (Å²) in [6, 6.07) is 0. The molecule has 0 radical (unpaired) electrons. The van der Waals surface area contributed by atoms with E-state index in [0.29, 0.717) is 28.1 Å². The number of hydrogen-bond donors (Lipinski definition) is 1. The lowest BCUT2D eigenvalue weighted by Gasteiger charge is -2.62. The maximum Gasteiger partial charge on any atom is 0.0594 e. The zero-order chi connectivity index (χ0) is 23.7. The molecule has 2 saturated carbocycles. The second-order valence-corrected chi connectivity index (χ2v) is 14.1. The number of rotatable bonds is 5. The van der Waals surface area contributed by atoms with Crippen LogP contribution in [-0.2, 0) is 0 Å². The topological polar surface area (TPSA) is 20.2 Å². The van der Waals surface area contributed by atoms with Gasteiger partial charge in [-0.05, 0) is 110 Å². The smallest absolute Gasteiger partial charge is 0.0594 e. The molecule has 0 amide bonds. The van der Waals surface area contributed by atoms with E-state index in [1.54, 1.807) is 0 Å². The Hall–Kier alpha value is -0.560. The third-order valence-electron chi connectivity index (χ3n) is 12.2. The Kier molecular flexibility index (Phi) is 6.14. The average molecular weight is 441 g/mol. The minimum absolute atomic E-state index is 0.0404. The maximum atomic E-state index is 10.8. The minimum Gasteiger partial charge on any atom is -0.393 e. The summed E-state index contributed by atoms with van der Waals surface area (Å²) in [4.78, 5) is 0. The van der Waals surface area contributed by atoms with Crippen molar-refractivity contribution in [2.24, 2.45) is 45.3 Å². The van der Waals surface area contributed by atoms with Gasteiger partial charge < -0.3 is 5.11 Å². The Morgan fingerprint density at radius 2 is 1.62 bits per heavy atom. The molecule has 2 fully saturated rings. The van der Waals surface area contributed by atoms with E-state index in [1.807, 2.05) is 11.1 Å². The van der Waals surface area contributed by atoms with Crippen molar-refractivity contribution in [3.05, 3.63) is 23.3 Å². The lowest BCUT2D eigenvalue weighted by Crippen LogP contribution is -2.55. The fourth-order valence-electron chi connectivity index (χ4n) is 9.53. The monoisotopic (exact) mass is 440 g/mol. The third-order valence-corrected chi connectivity index (χ3v) is 12.2. The Bertz CT molecular complexity index is 786. The van der Waals surface area contributed by atoms with Crippen LogP contribution in [0.2, 0.25) is 0 Å². The minimum atomic E-state index is -0.135. The zero-order valence-electron chi connectivity index (χ0n) is 22.6. The molecule has 1 heteroatoms. The molecule has 4 aliphatic carbocycles. The van der Waals surface area contributed by atoms with Gasteiger partial charge in [0.2, 0.25) is 0 Å². The fourth-order valence-corrected chi connectivity index (χ4v) is 9.53. The molecule has 182 valence electrons. The summed E-state index contributed by atoms with van der Waals surface area (Å²) in [5.74, 6) is 2.87. The van der Waals surface area contributed by atoms with E-state index in [0.717, 1.165) is 18.3 Å². The van der Waals surface area contributed by atoms with E-state index >= 15 is 0 Å². The fraction of sp³-hybridized carbons (Fsp3) is 0.871. The molecule has 1 N–H and O–H groups in total. The van der Waals surface area contributed by atoms with Crippen molar-refractivity contribution in [2.45, 2.75) is 126 Å². The van der Waals surface area contributed by atoms with Gasteiger partial charge in [-0.2, -0.15) is 0 Å². The molecular formula is C31H52O. The van der Waals surface area contributed by atoms with Gasteiger partial charge in [0.1, 0.15) is 0 Å². The van der Waals surface area contributed by atoms with Gasteiger partial charge >= 0.3 is 0 Å². The van der Waals surface area contributed by atoms with Crippen molar-refractivity contribution in [3.63, 3.8) is 0 Å². The quantitative estimate of drug-likeness (QED) is 0.424. The molecule has 0 aromatic carbocycles. The number of allylic oxidation sites excluding steroid dienone is 3. The molecule has 7 atom stereocenters. The molecule has 0 aliphatic heterocycles. The first kappa shape index (κ1) is 24.6. The zero-order valence-corrected chi connectivity index (χ0v) is 22.6. The van der Waals surface area contributed by atoms with Gasteiger partial charge in [0, 0.05) is 0 Å². The highest BCUT2D eigenvalue weighted by Crippen LogP contribution is 2.72. The van der Waals surface area contributed by atoms with Crippen LogP contribution in [0.3, 0.4) is 0 Å². The highest BCUT2D eigenvalue weighted by Gasteiger charge is 2.63. The summed E-state index contributed by atoms with van der Waals surface area (Å²) in [6.07, 6.45) is 12.6. The van der Waals surface area contributed by atoms with Crippen LogP contribution in [0.15, 0.2) is 23.3 Å². The first-order valence-electron chi connectivity index (χ1n) is 13.9. The Morgan fingerprint density at radius 3 is 2.28 bits per heavy atom. The maximum absolute atomic E-state index is 10.8. The summed E-state index contributed by atoms with van der Waals surface area (Å²) in [5, 5.41) is 10.8. The average Bonchev–Trinajstić information content (AvgIpc) is 3.00. The van der Waals surface area contributed by atoms with Crippen molar-refractivity contribution in [1.82, 2.24) is 0 Å². The van der Waals surface area contributed by atoms with E-state index in [4.69, 9.17) is 0 Å². The molecular weight excluding hydrogens is 388 g/mol. The van der Waals surface area contributed by atoms with Gasteiger partial charge in [0.15, 0.2) is 0 Å². The van der Waals surface area contributed by atoms with Crippen LogP contribution in [0.1, 0.15) is 120 Å². The largest absolute Gasteiger partial charge is 0.393 e.